The minimum atomic E-state index is -3.16. The van der Waals surface area contributed by atoms with Crippen molar-refractivity contribution in [2.24, 2.45) is 5.92 Å². The van der Waals surface area contributed by atoms with Crippen molar-refractivity contribution in [2.45, 2.75) is 6.54 Å². The molecule has 0 N–H and O–H groups in total. The van der Waals surface area contributed by atoms with Crippen LogP contribution in [-0.4, -0.2) is 78.9 Å². The quantitative estimate of drug-likeness (QED) is 0.748. The number of hydrogen-bond donors (Lipinski definition) is 0. The van der Waals surface area contributed by atoms with E-state index >= 15 is 0 Å². The number of piperazine rings is 1. The van der Waals surface area contributed by atoms with Gasteiger partial charge in [-0.25, -0.2) is 12.7 Å². The maximum atomic E-state index is 12.4. The first-order chi connectivity index (χ1) is 10.9. The van der Waals surface area contributed by atoms with Crippen molar-refractivity contribution in [3.8, 4) is 0 Å². The smallest absolute Gasteiger partial charge is 0.228 e. The monoisotopic (exact) mass is 338 g/mol. The van der Waals surface area contributed by atoms with E-state index in [2.05, 4.69) is 16.0 Å². The Balaban J connectivity index is 1.45. The van der Waals surface area contributed by atoms with Gasteiger partial charge in [0.05, 0.1) is 12.2 Å². The summed E-state index contributed by atoms with van der Waals surface area (Å²) in [6.45, 7) is 4.58. The van der Waals surface area contributed by atoms with E-state index in [-0.39, 0.29) is 11.8 Å². The van der Waals surface area contributed by atoms with Crippen molar-refractivity contribution in [2.75, 3.05) is 45.5 Å². The molecule has 1 aromatic heterocycles. The molecular formula is C15H22N4O3S. The molecular weight excluding hydrogens is 316 g/mol. The van der Waals surface area contributed by atoms with E-state index in [1.165, 1.54) is 16.1 Å². The van der Waals surface area contributed by atoms with E-state index in [1.807, 2.05) is 17.2 Å². The van der Waals surface area contributed by atoms with Gasteiger partial charge in [0.2, 0.25) is 15.9 Å². The van der Waals surface area contributed by atoms with Crippen LogP contribution in [0.4, 0.5) is 0 Å². The summed E-state index contributed by atoms with van der Waals surface area (Å²) < 4.78 is 24.1. The summed E-state index contributed by atoms with van der Waals surface area (Å²) in [5, 5.41) is 0. The molecule has 1 amide bonds. The molecule has 0 unspecified atom stereocenters. The Bertz CT molecular complexity index is 651. The van der Waals surface area contributed by atoms with Gasteiger partial charge in [0.1, 0.15) is 0 Å². The number of nitrogens with zero attached hydrogens (tertiary/aromatic N) is 4. The van der Waals surface area contributed by atoms with Crippen molar-refractivity contribution in [3.05, 3.63) is 30.1 Å². The molecule has 2 fully saturated rings. The largest absolute Gasteiger partial charge is 0.340 e. The predicted octanol–water partition coefficient (Wildman–Crippen LogP) is -0.383. The van der Waals surface area contributed by atoms with Gasteiger partial charge >= 0.3 is 0 Å². The number of pyridine rings is 1. The molecule has 23 heavy (non-hydrogen) atoms. The highest BCUT2D eigenvalue weighted by molar-refractivity contribution is 7.88. The highest BCUT2D eigenvalue weighted by atomic mass is 32.2. The molecule has 2 aliphatic heterocycles. The molecule has 8 heteroatoms. The first-order valence-electron chi connectivity index (χ1n) is 7.78. The Hall–Kier alpha value is -1.51. The summed E-state index contributed by atoms with van der Waals surface area (Å²) in [5.41, 5.74) is 1.18. The summed E-state index contributed by atoms with van der Waals surface area (Å²) in [7, 11) is -3.16. The van der Waals surface area contributed by atoms with Crippen LogP contribution in [0.1, 0.15) is 5.56 Å². The zero-order chi connectivity index (χ0) is 16.4. The second-order valence-electron chi connectivity index (χ2n) is 6.24. The van der Waals surface area contributed by atoms with Gasteiger partial charge in [-0.15, -0.1) is 0 Å². The fraction of sp³-hybridized carbons (Fsp3) is 0.600. The number of rotatable bonds is 4. The summed E-state index contributed by atoms with van der Waals surface area (Å²) in [6.07, 6.45) is 4.81. The van der Waals surface area contributed by atoms with Gasteiger partial charge in [0, 0.05) is 58.2 Å². The van der Waals surface area contributed by atoms with Gasteiger partial charge in [-0.2, -0.15) is 0 Å². The molecule has 0 bridgehead atoms. The van der Waals surface area contributed by atoms with Crippen LogP contribution < -0.4 is 0 Å². The van der Waals surface area contributed by atoms with Crippen LogP contribution in [0.5, 0.6) is 0 Å². The van der Waals surface area contributed by atoms with Crippen LogP contribution in [0.25, 0.3) is 0 Å². The Morgan fingerprint density at radius 2 is 1.96 bits per heavy atom. The number of carbonyl (C=O) groups is 1. The summed E-state index contributed by atoms with van der Waals surface area (Å²) in [4.78, 5) is 20.7. The Morgan fingerprint density at radius 3 is 2.52 bits per heavy atom. The van der Waals surface area contributed by atoms with Gasteiger partial charge in [0.15, 0.2) is 0 Å². The van der Waals surface area contributed by atoms with Crippen LogP contribution in [0.3, 0.4) is 0 Å². The standard InChI is InChI=1S/C15H22N4O3S/c1-23(21,22)19-11-14(12-19)15(20)18-7-5-17(6-8-18)10-13-3-2-4-16-9-13/h2-4,9,14H,5-8,10-12H2,1H3. The molecule has 126 valence electrons. The third-order valence-corrected chi connectivity index (χ3v) is 5.72. The molecule has 3 rings (SSSR count). The first kappa shape index (κ1) is 16.4. The average Bonchev–Trinajstić information content (AvgIpc) is 2.46. The van der Waals surface area contributed by atoms with Crippen LogP contribution in [0.2, 0.25) is 0 Å². The van der Waals surface area contributed by atoms with Crippen molar-refractivity contribution in [1.29, 1.82) is 0 Å². The van der Waals surface area contributed by atoms with Crippen molar-refractivity contribution >= 4 is 15.9 Å². The third kappa shape index (κ3) is 3.88. The fourth-order valence-electron chi connectivity index (χ4n) is 3.00. The third-order valence-electron chi connectivity index (χ3n) is 4.48. The lowest BCUT2D eigenvalue weighted by atomic mass is 10.0. The van der Waals surface area contributed by atoms with E-state index in [4.69, 9.17) is 0 Å². The molecule has 2 aliphatic rings. The molecule has 0 radical (unpaired) electrons. The summed E-state index contributed by atoms with van der Waals surface area (Å²) in [5.74, 6) is -0.0828. The molecule has 2 saturated heterocycles. The molecule has 3 heterocycles. The minimum Gasteiger partial charge on any atom is -0.340 e. The number of amides is 1. The number of hydrogen-bond acceptors (Lipinski definition) is 5. The number of aromatic nitrogens is 1. The van der Waals surface area contributed by atoms with E-state index in [0.29, 0.717) is 26.2 Å². The van der Waals surface area contributed by atoms with Crippen molar-refractivity contribution in [1.82, 2.24) is 19.1 Å². The fourth-order valence-corrected chi connectivity index (χ4v) is 3.90. The SMILES string of the molecule is CS(=O)(=O)N1CC(C(=O)N2CCN(Cc3cccnc3)CC2)C1. The Labute approximate surface area is 136 Å². The lowest BCUT2D eigenvalue weighted by molar-refractivity contribution is -0.140. The molecule has 0 atom stereocenters. The summed E-state index contributed by atoms with van der Waals surface area (Å²) in [6, 6.07) is 3.98. The zero-order valence-corrected chi connectivity index (χ0v) is 14.1. The maximum Gasteiger partial charge on any atom is 0.228 e. The van der Waals surface area contributed by atoms with E-state index in [1.54, 1.807) is 6.20 Å². The second kappa shape index (κ2) is 6.54. The average molecular weight is 338 g/mol. The van der Waals surface area contributed by atoms with Crippen molar-refractivity contribution < 1.29 is 13.2 Å². The lowest BCUT2D eigenvalue weighted by Crippen LogP contribution is -2.58. The molecule has 0 spiro atoms. The lowest BCUT2D eigenvalue weighted by Gasteiger charge is -2.41. The normalized spacial score (nSPS) is 21.2. The molecule has 1 aromatic rings. The molecule has 7 nitrogen and oxygen atoms in total. The van der Waals surface area contributed by atoms with E-state index in [9.17, 15) is 13.2 Å². The topological polar surface area (TPSA) is 73.8 Å². The number of carbonyl (C=O) groups excluding carboxylic acids is 1. The van der Waals surface area contributed by atoms with Crippen molar-refractivity contribution in [3.63, 3.8) is 0 Å². The first-order valence-corrected chi connectivity index (χ1v) is 9.63. The summed E-state index contributed by atoms with van der Waals surface area (Å²) >= 11 is 0. The van der Waals surface area contributed by atoms with Gasteiger partial charge in [-0.05, 0) is 11.6 Å². The maximum absolute atomic E-state index is 12.4. The van der Waals surface area contributed by atoms with Gasteiger partial charge in [0.25, 0.3) is 0 Å². The van der Waals surface area contributed by atoms with E-state index in [0.717, 1.165) is 19.6 Å². The highest BCUT2D eigenvalue weighted by Gasteiger charge is 2.40. The number of sulfonamides is 1. The molecule has 0 aliphatic carbocycles. The Morgan fingerprint density at radius 1 is 1.26 bits per heavy atom. The van der Waals surface area contributed by atoms with Crippen LogP contribution in [0, 0.1) is 5.92 Å². The minimum absolute atomic E-state index is 0.0888. The van der Waals surface area contributed by atoms with Gasteiger partial charge in [-0.1, -0.05) is 6.07 Å². The van der Waals surface area contributed by atoms with Crippen LogP contribution in [-0.2, 0) is 21.4 Å². The predicted molar refractivity (Wildman–Crippen MR) is 86.0 cm³/mol. The molecule has 0 aromatic carbocycles. The van der Waals surface area contributed by atoms with Crippen LogP contribution >= 0.6 is 0 Å². The molecule has 0 saturated carbocycles. The Kier molecular flexibility index (Phi) is 4.65. The zero-order valence-electron chi connectivity index (χ0n) is 13.3. The van der Waals surface area contributed by atoms with Gasteiger partial charge in [-0.3, -0.25) is 14.7 Å². The van der Waals surface area contributed by atoms with E-state index < -0.39 is 10.0 Å². The van der Waals surface area contributed by atoms with Crippen LogP contribution in [0.15, 0.2) is 24.5 Å². The van der Waals surface area contributed by atoms with Gasteiger partial charge < -0.3 is 4.90 Å². The second-order valence-corrected chi connectivity index (χ2v) is 8.22. The highest BCUT2D eigenvalue weighted by Crippen LogP contribution is 2.21.